The van der Waals surface area contributed by atoms with E-state index in [9.17, 15) is 4.79 Å². The van der Waals surface area contributed by atoms with E-state index in [-0.39, 0.29) is 11.9 Å². The average molecular weight is 264 g/mol. The third kappa shape index (κ3) is 2.31. The Bertz CT molecular complexity index is 451. The first-order valence-corrected chi connectivity index (χ1v) is 7.77. The quantitative estimate of drug-likeness (QED) is 0.875. The van der Waals surface area contributed by atoms with Gasteiger partial charge < -0.3 is 11.1 Å². The van der Waals surface area contributed by atoms with Crippen molar-refractivity contribution in [3.8, 4) is 0 Å². The highest BCUT2D eigenvalue weighted by Crippen LogP contribution is 2.33. The van der Waals surface area contributed by atoms with Crippen LogP contribution < -0.4 is 11.1 Å². The number of rotatable bonds is 4. The van der Waals surface area contributed by atoms with Crippen molar-refractivity contribution in [1.29, 1.82) is 0 Å². The van der Waals surface area contributed by atoms with E-state index in [1.807, 2.05) is 5.38 Å². The zero-order chi connectivity index (χ0) is 12.5. The van der Waals surface area contributed by atoms with Crippen molar-refractivity contribution in [1.82, 2.24) is 5.32 Å². The second-order valence-corrected chi connectivity index (χ2v) is 6.38. The molecule has 1 aromatic rings. The number of fused-ring (bicyclic) bond motifs is 1. The normalized spacial score (nSPS) is 20.3. The maximum absolute atomic E-state index is 12.3. The van der Waals surface area contributed by atoms with Crippen molar-refractivity contribution in [2.45, 2.75) is 44.6 Å². The van der Waals surface area contributed by atoms with E-state index >= 15 is 0 Å². The third-order valence-corrected chi connectivity index (χ3v) is 5.16. The topological polar surface area (TPSA) is 55.1 Å². The molecule has 0 bridgehead atoms. The third-order valence-electron chi connectivity index (χ3n) is 4.07. The summed E-state index contributed by atoms with van der Waals surface area (Å²) in [6.07, 6.45) is 7.12. The molecule has 1 saturated carbocycles. The number of carbonyl (C=O) groups excluding carboxylic acids is 1. The molecular formula is C14H20N2OS. The minimum Gasteiger partial charge on any atom is -0.348 e. The number of amides is 1. The molecule has 3 N–H and O–H groups in total. The first-order valence-electron chi connectivity index (χ1n) is 6.89. The van der Waals surface area contributed by atoms with Crippen LogP contribution in [0.15, 0.2) is 5.38 Å². The second-order valence-electron chi connectivity index (χ2n) is 5.41. The Morgan fingerprint density at radius 1 is 1.44 bits per heavy atom. The summed E-state index contributed by atoms with van der Waals surface area (Å²) in [5.74, 6) is 0.713. The molecule has 4 heteroatoms. The lowest BCUT2D eigenvalue weighted by Gasteiger charge is -2.17. The minimum atomic E-state index is 0.0942. The van der Waals surface area contributed by atoms with Gasteiger partial charge in [0.05, 0.1) is 5.56 Å². The van der Waals surface area contributed by atoms with Gasteiger partial charge in [-0.05, 0) is 50.0 Å². The second kappa shape index (κ2) is 5.02. The van der Waals surface area contributed by atoms with E-state index in [4.69, 9.17) is 5.73 Å². The summed E-state index contributed by atoms with van der Waals surface area (Å²) in [5.41, 5.74) is 7.95. The molecule has 3 nitrogen and oxygen atoms in total. The Balaban J connectivity index is 1.73. The molecular weight excluding hydrogens is 244 g/mol. The van der Waals surface area contributed by atoms with Crippen LogP contribution in [0.5, 0.6) is 0 Å². The molecule has 2 aliphatic rings. The van der Waals surface area contributed by atoms with Gasteiger partial charge >= 0.3 is 0 Å². The van der Waals surface area contributed by atoms with E-state index in [1.165, 1.54) is 36.1 Å². The number of nitrogens with one attached hydrogen (secondary N) is 1. The van der Waals surface area contributed by atoms with Gasteiger partial charge in [-0.1, -0.05) is 0 Å². The van der Waals surface area contributed by atoms with Gasteiger partial charge in [-0.15, -0.1) is 11.3 Å². The van der Waals surface area contributed by atoms with Crippen LogP contribution >= 0.6 is 11.3 Å². The van der Waals surface area contributed by atoms with Crippen LogP contribution in [-0.2, 0) is 12.8 Å². The molecule has 0 saturated heterocycles. The van der Waals surface area contributed by atoms with Crippen molar-refractivity contribution >= 4 is 17.2 Å². The number of thiophene rings is 1. The van der Waals surface area contributed by atoms with Crippen LogP contribution in [-0.4, -0.2) is 18.5 Å². The highest BCUT2D eigenvalue weighted by molar-refractivity contribution is 7.10. The van der Waals surface area contributed by atoms with Gasteiger partial charge in [-0.25, -0.2) is 0 Å². The highest BCUT2D eigenvalue weighted by Gasteiger charge is 2.32. The number of aryl methyl sites for hydroxylation is 1. The maximum Gasteiger partial charge on any atom is 0.252 e. The lowest BCUT2D eigenvalue weighted by atomic mass is 9.95. The SMILES string of the molecule is NCC(NC(=O)c1csc2c1CCCC2)C1CC1. The van der Waals surface area contributed by atoms with Crippen molar-refractivity contribution in [3.05, 3.63) is 21.4 Å². The summed E-state index contributed by atoms with van der Waals surface area (Å²) < 4.78 is 0. The van der Waals surface area contributed by atoms with Crippen LogP contribution in [0.25, 0.3) is 0 Å². The molecule has 98 valence electrons. The van der Waals surface area contributed by atoms with Crippen LogP contribution in [0, 0.1) is 5.92 Å². The van der Waals surface area contributed by atoms with Crippen LogP contribution in [0.2, 0.25) is 0 Å². The molecule has 18 heavy (non-hydrogen) atoms. The fourth-order valence-electron chi connectivity index (χ4n) is 2.80. The molecule has 3 rings (SSSR count). The van der Waals surface area contributed by atoms with E-state index < -0.39 is 0 Å². The number of hydrogen-bond donors (Lipinski definition) is 2. The largest absolute Gasteiger partial charge is 0.348 e. The van der Waals surface area contributed by atoms with Gasteiger partial charge in [0.1, 0.15) is 0 Å². The van der Waals surface area contributed by atoms with Crippen molar-refractivity contribution < 1.29 is 4.79 Å². The van der Waals surface area contributed by atoms with Crippen LogP contribution in [0.4, 0.5) is 0 Å². The molecule has 1 heterocycles. The molecule has 0 radical (unpaired) electrons. The van der Waals surface area contributed by atoms with E-state index in [1.54, 1.807) is 11.3 Å². The fraction of sp³-hybridized carbons (Fsp3) is 0.643. The predicted octanol–water partition coefficient (Wildman–Crippen LogP) is 2.09. The van der Waals surface area contributed by atoms with Crippen molar-refractivity contribution in [2.24, 2.45) is 11.7 Å². The molecule has 1 aromatic heterocycles. The molecule has 0 spiro atoms. The Morgan fingerprint density at radius 2 is 2.22 bits per heavy atom. The Labute approximate surface area is 112 Å². The Kier molecular flexibility index (Phi) is 3.39. The fourth-order valence-corrected chi connectivity index (χ4v) is 3.92. The molecule has 1 unspecified atom stereocenters. The number of nitrogens with two attached hydrogens (primary N) is 1. The number of hydrogen-bond acceptors (Lipinski definition) is 3. The lowest BCUT2D eigenvalue weighted by molar-refractivity contribution is 0.0933. The summed E-state index contributed by atoms with van der Waals surface area (Å²) in [5, 5.41) is 5.16. The molecule has 1 fully saturated rings. The summed E-state index contributed by atoms with van der Waals surface area (Å²) >= 11 is 1.75. The van der Waals surface area contributed by atoms with Crippen LogP contribution in [0.1, 0.15) is 46.5 Å². The van der Waals surface area contributed by atoms with Gasteiger partial charge in [-0.2, -0.15) is 0 Å². The van der Waals surface area contributed by atoms with Gasteiger partial charge in [0, 0.05) is 22.8 Å². The molecule has 2 aliphatic carbocycles. The van der Waals surface area contributed by atoms with E-state index in [2.05, 4.69) is 5.32 Å². The first kappa shape index (κ1) is 12.2. The monoisotopic (exact) mass is 264 g/mol. The van der Waals surface area contributed by atoms with E-state index in [0.717, 1.165) is 18.4 Å². The summed E-state index contributed by atoms with van der Waals surface area (Å²) in [6.45, 7) is 0.558. The summed E-state index contributed by atoms with van der Waals surface area (Å²) in [4.78, 5) is 13.7. The molecule has 0 aliphatic heterocycles. The van der Waals surface area contributed by atoms with Gasteiger partial charge in [-0.3, -0.25) is 4.79 Å². The molecule has 0 aromatic carbocycles. The summed E-state index contributed by atoms with van der Waals surface area (Å²) in [7, 11) is 0. The van der Waals surface area contributed by atoms with Gasteiger partial charge in [0.15, 0.2) is 0 Å². The lowest BCUT2D eigenvalue weighted by Crippen LogP contribution is -2.41. The Morgan fingerprint density at radius 3 is 2.94 bits per heavy atom. The predicted molar refractivity (Wildman–Crippen MR) is 74.0 cm³/mol. The number of carbonyl (C=O) groups is 1. The standard InChI is InChI=1S/C14H20N2OS/c15-7-12(9-5-6-9)16-14(17)11-8-18-13-4-2-1-3-10(11)13/h8-9,12H,1-7,15H2,(H,16,17). The van der Waals surface area contributed by atoms with Gasteiger partial charge in [0.2, 0.25) is 0 Å². The Hall–Kier alpha value is -0.870. The van der Waals surface area contributed by atoms with Crippen molar-refractivity contribution in [3.63, 3.8) is 0 Å². The minimum absolute atomic E-state index is 0.0942. The summed E-state index contributed by atoms with van der Waals surface area (Å²) in [6, 6.07) is 0.177. The van der Waals surface area contributed by atoms with Crippen molar-refractivity contribution in [2.75, 3.05) is 6.54 Å². The molecule has 1 amide bonds. The highest BCUT2D eigenvalue weighted by atomic mass is 32.1. The molecule has 1 atom stereocenters. The maximum atomic E-state index is 12.3. The van der Waals surface area contributed by atoms with Gasteiger partial charge in [0.25, 0.3) is 5.91 Å². The van der Waals surface area contributed by atoms with E-state index in [0.29, 0.717) is 12.5 Å². The smallest absolute Gasteiger partial charge is 0.252 e. The first-order chi connectivity index (χ1) is 8.79. The zero-order valence-corrected chi connectivity index (χ0v) is 11.4. The average Bonchev–Trinajstić information content (AvgIpc) is 3.14. The zero-order valence-electron chi connectivity index (χ0n) is 10.6. The van der Waals surface area contributed by atoms with Crippen LogP contribution in [0.3, 0.4) is 0 Å².